The lowest BCUT2D eigenvalue weighted by molar-refractivity contribution is -0.129. The third-order valence-corrected chi connectivity index (χ3v) is 3.62. The van der Waals surface area contributed by atoms with Crippen LogP contribution in [0.4, 0.5) is 13.6 Å². The van der Waals surface area contributed by atoms with Gasteiger partial charge in [0.1, 0.15) is 12.4 Å². The summed E-state index contributed by atoms with van der Waals surface area (Å²) in [5, 5.41) is 5.11. The van der Waals surface area contributed by atoms with Gasteiger partial charge >= 0.3 is 6.03 Å². The van der Waals surface area contributed by atoms with Crippen LogP contribution in [0.5, 0.6) is 5.75 Å². The summed E-state index contributed by atoms with van der Waals surface area (Å²) in [4.78, 5) is 25.1. The van der Waals surface area contributed by atoms with Crippen LogP contribution in [-0.2, 0) is 4.79 Å². The molecule has 0 aliphatic carbocycles. The van der Waals surface area contributed by atoms with Crippen molar-refractivity contribution in [2.75, 3.05) is 32.8 Å². The Morgan fingerprint density at radius 2 is 1.83 bits per heavy atom. The van der Waals surface area contributed by atoms with Crippen LogP contribution in [0.2, 0.25) is 0 Å². The molecule has 2 N–H and O–H groups in total. The molecule has 1 heterocycles. The molecule has 0 atom stereocenters. The van der Waals surface area contributed by atoms with Crippen molar-refractivity contribution in [2.24, 2.45) is 0 Å². The van der Waals surface area contributed by atoms with Gasteiger partial charge in [-0.2, -0.15) is 0 Å². The molecule has 1 aromatic rings. The topological polar surface area (TPSA) is 70.7 Å². The van der Waals surface area contributed by atoms with Gasteiger partial charge in [0, 0.05) is 32.1 Å². The van der Waals surface area contributed by atoms with Gasteiger partial charge in [0.25, 0.3) is 0 Å². The monoisotopic (exact) mass is 341 g/mol. The van der Waals surface area contributed by atoms with E-state index in [0.717, 1.165) is 38.1 Å². The number of hydrogen-bond donors (Lipinski definition) is 2. The zero-order valence-corrected chi connectivity index (χ0v) is 13.3. The highest BCUT2D eigenvalue weighted by Crippen LogP contribution is 2.17. The molecule has 1 saturated heterocycles. The highest BCUT2D eigenvalue weighted by Gasteiger charge is 2.17. The zero-order valence-electron chi connectivity index (χ0n) is 13.3. The molecule has 0 radical (unpaired) electrons. The fraction of sp³-hybridized carbons (Fsp3) is 0.500. The number of halogens is 2. The van der Waals surface area contributed by atoms with Crippen molar-refractivity contribution < 1.29 is 23.1 Å². The zero-order chi connectivity index (χ0) is 17.4. The molecule has 6 nitrogen and oxygen atoms in total. The number of ether oxygens (including phenoxy) is 1. The third-order valence-electron chi connectivity index (χ3n) is 3.62. The summed E-state index contributed by atoms with van der Waals surface area (Å²) in [6.07, 6.45) is 2.34. The first-order valence-electron chi connectivity index (χ1n) is 7.93. The Labute approximate surface area is 139 Å². The van der Waals surface area contributed by atoms with Crippen LogP contribution in [0.15, 0.2) is 18.2 Å². The molecular formula is C16H21F2N3O3. The predicted molar refractivity (Wildman–Crippen MR) is 83.7 cm³/mol. The predicted octanol–water partition coefficient (Wildman–Crippen LogP) is 1.66. The number of nitrogens with zero attached hydrogens (tertiary/aromatic N) is 1. The Bertz CT molecular complexity index is 578. The summed E-state index contributed by atoms with van der Waals surface area (Å²) in [7, 11) is 0. The van der Waals surface area contributed by atoms with Crippen molar-refractivity contribution in [1.82, 2.24) is 15.5 Å². The average molecular weight is 341 g/mol. The number of hydrogen-bond acceptors (Lipinski definition) is 3. The fourth-order valence-electron chi connectivity index (χ4n) is 2.39. The summed E-state index contributed by atoms with van der Waals surface area (Å²) in [6.45, 7) is 2.05. The van der Waals surface area contributed by atoms with Gasteiger partial charge < -0.3 is 20.3 Å². The Morgan fingerprint density at radius 1 is 1.12 bits per heavy atom. The number of urea groups is 1. The second-order valence-corrected chi connectivity index (χ2v) is 5.44. The van der Waals surface area contributed by atoms with Gasteiger partial charge in [0.05, 0.1) is 6.54 Å². The minimum Gasteiger partial charge on any atom is -0.489 e. The summed E-state index contributed by atoms with van der Waals surface area (Å²) in [5.74, 6) is -1.50. The minimum absolute atomic E-state index is 0.0443. The van der Waals surface area contributed by atoms with Crippen LogP contribution in [0.25, 0.3) is 0 Å². The maximum absolute atomic E-state index is 13.3. The average Bonchev–Trinajstić information content (AvgIpc) is 3.07. The molecule has 2 rings (SSSR count). The van der Waals surface area contributed by atoms with Crippen molar-refractivity contribution in [2.45, 2.75) is 19.3 Å². The first-order valence-corrected chi connectivity index (χ1v) is 7.93. The maximum atomic E-state index is 13.3. The first-order chi connectivity index (χ1) is 11.6. The van der Waals surface area contributed by atoms with E-state index < -0.39 is 17.7 Å². The van der Waals surface area contributed by atoms with Gasteiger partial charge in [0.2, 0.25) is 5.91 Å². The van der Waals surface area contributed by atoms with Gasteiger partial charge in [-0.15, -0.1) is 0 Å². The van der Waals surface area contributed by atoms with Crippen molar-refractivity contribution >= 4 is 11.9 Å². The van der Waals surface area contributed by atoms with E-state index in [9.17, 15) is 18.4 Å². The molecule has 0 saturated carbocycles. The largest absolute Gasteiger partial charge is 0.489 e. The van der Waals surface area contributed by atoms with E-state index >= 15 is 0 Å². The lowest BCUT2D eigenvalue weighted by atomic mass is 10.3. The number of amides is 3. The lowest BCUT2D eigenvalue weighted by Gasteiger charge is -2.15. The van der Waals surface area contributed by atoms with Crippen LogP contribution < -0.4 is 15.4 Å². The molecule has 1 aromatic carbocycles. The van der Waals surface area contributed by atoms with Crippen LogP contribution in [0.3, 0.4) is 0 Å². The molecule has 1 fully saturated rings. The Balaban J connectivity index is 1.55. The van der Waals surface area contributed by atoms with Crippen molar-refractivity contribution in [3.8, 4) is 5.75 Å². The van der Waals surface area contributed by atoms with Crippen LogP contribution in [0, 0.1) is 11.6 Å². The van der Waals surface area contributed by atoms with Gasteiger partial charge in [-0.05, 0) is 25.0 Å². The molecule has 1 aliphatic heterocycles. The van der Waals surface area contributed by atoms with Crippen molar-refractivity contribution in [3.63, 3.8) is 0 Å². The number of likely N-dealkylation sites (tertiary alicyclic amines) is 1. The quantitative estimate of drug-likeness (QED) is 0.741. The second kappa shape index (κ2) is 9.05. The molecule has 1 aliphatic rings. The SMILES string of the molecule is O=C(NCCOc1ccc(F)cc1F)NCCC(=O)N1CCCC1. The maximum Gasteiger partial charge on any atom is 0.314 e. The van der Waals surface area contributed by atoms with E-state index in [2.05, 4.69) is 10.6 Å². The Hall–Kier alpha value is -2.38. The van der Waals surface area contributed by atoms with Crippen molar-refractivity contribution in [3.05, 3.63) is 29.8 Å². The molecular weight excluding hydrogens is 320 g/mol. The smallest absolute Gasteiger partial charge is 0.314 e. The summed E-state index contributed by atoms with van der Waals surface area (Å²) in [6, 6.07) is 2.59. The number of carbonyl (C=O) groups is 2. The number of nitrogens with one attached hydrogen (secondary N) is 2. The third kappa shape index (κ3) is 5.68. The molecule has 0 bridgehead atoms. The highest BCUT2D eigenvalue weighted by atomic mass is 19.1. The summed E-state index contributed by atoms with van der Waals surface area (Å²) in [5.41, 5.74) is 0. The second-order valence-electron chi connectivity index (χ2n) is 5.44. The molecule has 24 heavy (non-hydrogen) atoms. The first kappa shape index (κ1) is 18.0. The van der Waals surface area contributed by atoms with Gasteiger partial charge in [-0.3, -0.25) is 4.79 Å². The molecule has 0 unspecified atom stereocenters. The highest BCUT2D eigenvalue weighted by molar-refractivity contribution is 5.78. The number of carbonyl (C=O) groups excluding carboxylic acids is 2. The van der Waals surface area contributed by atoms with Crippen molar-refractivity contribution in [1.29, 1.82) is 0 Å². The van der Waals surface area contributed by atoms with E-state index in [1.165, 1.54) is 6.07 Å². The van der Waals surface area contributed by atoms with Gasteiger partial charge in [-0.25, -0.2) is 13.6 Å². The summed E-state index contributed by atoms with van der Waals surface area (Å²) >= 11 is 0. The van der Waals surface area contributed by atoms with E-state index in [-0.39, 0.29) is 37.8 Å². The van der Waals surface area contributed by atoms with Crippen LogP contribution >= 0.6 is 0 Å². The Morgan fingerprint density at radius 3 is 2.54 bits per heavy atom. The number of rotatable bonds is 7. The minimum atomic E-state index is -0.792. The van der Waals surface area contributed by atoms with Gasteiger partial charge in [0.15, 0.2) is 11.6 Å². The van der Waals surface area contributed by atoms with Gasteiger partial charge in [-0.1, -0.05) is 0 Å². The molecule has 3 amide bonds. The fourth-order valence-corrected chi connectivity index (χ4v) is 2.39. The number of benzene rings is 1. The Kier molecular flexibility index (Phi) is 6.77. The molecule has 0 aromatic heterocycles. The van der Waals surface area contributed by atoms with Crippen LogP contribution in [-0.4, -0.2) is 49.6 Å². The molecule has 8 heteroatoms. The molecule has 0 spiro atoms. The van der Waals surface area contributed by atoms with E-state index in [1.807, 2.05) is 0 Å². The summed E-state index contributed by atoms with van der Waals surface area (Å²) < 4.78 is 31.1. The van der Waals surface area contributed by atoms with E-state index in [0.29, 0.717) is 0 Å². The molecule has 132 valence electrons. The van der Waals surface area contributed by atoms with Crippen LogP contribution in [0.1, 0.15) is 19.3 Å². The normalized spacial score (nSPS) is 13.7. The lowest BCUT2D eigenvalue weighted by Crippen LogP contribution is -2.39. The standard InChI is InChI=1S/C16H21F2N3O3/c17-12-3-4-14(13(18)11-12)24-10-7-20-16(23)19-6-5-15(22)21-8-1-2-9-21/h3-4,11H,1-2,5-10H2,(H2,19,20,23). The van der Waals surface area contributed by atoms with E-state index in [1.54, 1.807) is 4.90 Å². The van der Waals surface area contributed by atoms with E-state index in [4.69, 9.17) is 4.74 Å².